The van der Waals surface area contributed by atoms with Gasteiger partial charge in [-0.1, -0.05) is 6.92 Å². The van der Waals surface area contributed by atoms with Crippen LogP contribution in [0.1, 0.15) is 19.2 Å². The molecule has 0 saturated carbocycles. The number of aromatic nitrogens is 2. The molecule has 17 heavy (non-hydrogen) atoms. The first-order chi connectivity index (χ1) is 8.04. The summed E-state index contributed by atoms with van der Waals surface area (Å²) < 4.78 is 18.3. The largest absolute Gasteiger partial charge is 0.469 e. The van der Waals surface area contributed by atoms with Gasteiger partial charge in [0.1, 0.15) is 5.82 Å². The number of nitrogens with zero attached hydrogens (tertiary/aromatic N) is 2. The highest BCUT2D eigenvalue weighted by Crippen LogP contribution is 2.05. The topological polar surface area (TPSA) is 61.2 Å². The molecule has 1 rings (SSSR count). The third-order valence-electron chi connectivity index (χ3n) is 2.58. The van der Waals surface area contributed by atoms with Crippen LogP contribution in [-0.2, 0) is 33.8 Å². The van der Waals surface area contributed by atoms with E-state index in [1.807, 2.05) is 17.8 Å². The van der Waals surface area contributed by atoms with Crippen LogP contribution >= 0.6 is 0 Å². The van der Waals surface area contributed by atoms with E-state index in [-0.39, 0.29) is 17.6 Å². The maximum atomic E-state index is 11.9. The fraction of sp³-hybridized carbons (Fsp3) is 0.636. The van der Waals surface area contributed by atoms with Crippen molar-refractivity contribution in [2.45, 2.75) is 25.0 Å². The summed E-state index contributed by atoms with van der Waals surface area (Å²) >= 11 is 0. The van der Waals surface area contributed by atoms with Crippen LogP contribution in [0.3, 0.4) is 0 Å². The molecule has 0 amide bonds. The molecule has 6 heteroatoms. The van der Waals surface area contributed by atoms with Crippen LogP contribution in [-0.4, -0.2) is 37.8 Å². The first-order valence-electron chi connectivity index (χ1n) is 5.44. The summed E-state index contributed by atoms with van der Waals surface area (Å²) in [7, 11) is 2.21. The Bertz CT molecular complexity index is 403. The van der Waals surface area contributed by atoms with E-state index in [0.717, 1.165) is 5.82 Å². The van der Waals surface area contributed by atoms with E-state index in [0.29, 0.717) is 12.2 Å². The van der Waals surface area contributed by atoms with Crippen molar-refractivity contribution in [3.8, 4) is 0 Å². The van der Waals surface area contributed by atoms with Crippen LogP contribution in [0.4, 0.5) is 0 Å². The van der Waals surface area contributed by atoms with Gasteiger partial charge >= 0.3 is 5.97 Å². The Morgan fingerprint density at radius 1 is 1.65 bits per heavy atom. The Labute approximate surface area is 104 Å². The normalized spacial score (nSPS) is 14.3. The summed E-state index contributed by atoms with van der Waals surface area (Å²) in [5.74, 6) is 1.11. The zero-order chi connectivity index (χ0) is 12.8. The van der Waals surface area contributed by atoms with E-state index in [4.69, 9.17) is 0 Å². The molecule has 0 spiro atoms. The lowest BCUT2D eigenvalue weighted by Gasteiger charge is -2.09. The minimum absolute atomic E-state index is 0.178. The minimum atomic E-state index is -1.03. The number of carbonyl (C=O) groups is 1. The van der Waals surface area contributed by atoms with E-state index >= 15 is 0 Å². The van der Waals surface area contributed by atoms with E-state index in [1.54, 1.807) is 13.1 Å². The Kier molecular flexibility index (Phi) is 5.34. The Morgan fingerprint density at radius 3 is 2.88 bits per heavy atom. The van der Waals surface area contributed by atoms with Crippen LogP contribution in [0.5, 0.6) is 0 Å². The lowest BCUT2D eigenvalue weighted by Crippen LogP contribution is -2.20. The number of aryl methyl sites for hydroxylation is 2. The van der Waals surface area contributed by atoms with Crippen molar-refractivity contribution < 1.29 is 13.7 Å². The number of esters is 1. The number of rotatable bonds is 6. The summed E-state index contributed by atoms with van der Waals surface area (Å²) in [5.41, 5.74) is 0. The molecule has 2 unspecified atom stereocenters. The SMILES string of the molecule is COC(=O)CC(C)S(=O)CCc1nccn1C. The van der Waals surface area contributed by atoms with Crippen LogP contribution < -0.4 is 0 Å². The van der Waals surface area contributed by atoms with Gasteiger partial charge in [0, 0.05) is 47.7 Å². The lowest BCUT2D eigenvalue weighted by atomic mass is 10.3. The predicted octanol–water partition coefficient (Wildman–Crippen LogP) is 0.663. The molecule has 1 heterocycles. The summed E-state index contributed by atoms with van der Waals surface area (Å²) in [4.78, 5) is 15.2. The van der Waals surface area contributed by atoms with E-state index in [9.17, 15) is 9.00 Å². The molecule has 0 aromatic carbocycles. The van der Waals surface area contributed by atoms with Gasteiger partial charge in [-0.05, 0) is 0 Å². The molecule has 1 aromatic heterocycles. The quantitative estimate of drug-likeness (QED) is 0.703. The van der Waals surface area contributed by atoms with Crippen molar-refractivity contribution in [1.82, 2.24) is 9.55 Å². The Hall–Kier alpha value is -1.17. The maximum absolute atomic E-state index is 11.9. The van der Waals surface area contributed by atoms with Crippen molar-refractivity contribution in [2.75, 3.05) is 12.9 Å². The van der Waals surface area contributed by atoms with Crippen molar-refractivity contribution in [1.29, 1.82) is 0 Å². The van der Waals surface area contributed by atoms with Gasteiger partial charge in [-0.3, -0.25) is 9.00 Å². The zero-order valence-electron chi connectivity index (χ0n) is 10.4. The van der Waals surface area contributed by atoms with Crippen molar-refractivity contribution in [3.05, 3.63) is 18.2 Å². The van der Waals surface area contributed by atoms with E-state index in [2.05, 4.69) is 9.72 Å². The third kappa shape index (κ3) is 4.30. The fourth-order valence-electron chi connectivity index (χ4n) is 1.44. The minimum Gasteiger partial charge on any atom is -0.469 e. The van der Waals surface area contributed by atoms with Gasteiger partial charge < -0.3 is 9.30 Å². The Balaban J connectivity index is 2.39. The second-order valence-electron chi connectivity index (χ2n) is 3.88. The standard InChI is InChI=1S/C11H18N2O3S/c1-9(8-11(14)16-3)17(15)7-4-10-12-5-6-13(10)2/h5-6,9H,4,7-8H2,1-3H3. The fourth-order valence-corrected chi connectivity index (χ4v) is 2.55. The number of hydrogen-bond donors (Lipinski definition) is 0. The molecule has 0 aliphatic carbocycles. The monoisotopic (exact) mass is 258 g/mol. The average Bonchev–Trinajstić information content (AvgIpc) is 2.71. The molecular weight excluding hydrogens is 240 g/mol. The molecule has 0 radical (unpaired) electrons. The third-order valence-corrected chi connectivity index (χ3v) is 4.25. The summed E-state index contributed by atoms with van der Waals surface area (Å²) in [5, 5.41) is -0.178. The van der Waals surface area contributed by atoms with Crippen molar-refractivity contribution >= 4 is 16.8 Å². The summed E-state index contributed by atoms with van der Waals surface area (Å²) in [6, 6.07) is 0. The van der Waals surface area contributed by atoms with Gasteiger partial charge in [0.25, 0.3) is 0 Å². The number of ether oxygens (including phenoxy) is 1. The molecule has 0 bridgehead atoms. The molecule has 1 aromatic rings. The first-order valence-corrected chi connectivity index (χ1v) is 6.83. The highest BCUT2D eigenvalue weighted by atomic mass is 32.2. The smallest absolute Gasteiger partial charge is 0.306 e. The highest BCUT2D eigenvalue weighted by Gasteiger charge is 2.16. The maximum Gasteiger partial charge on any atom is 0.306 e. The van der Waals surface area contributed by atoms with Gasteiger partial charge in [-0.15, -0.1) is 0 Å². The van der Waals surface area contributed by atoms with E-state index < -0.39 is 10.8 Å². The Morgan fingerprint density at radius 2 is 2.35 bits per heavy atom. The van der Waals surface area contributed by atoms with Crippen molar-refractivity contribution in [3.63, 3.8) is 0 Å². The number of hydrogen-bond acceptors (Lipinski definition) is 4. The van der Waals surface area contributed by atoms with Crippen LogP contribution in [0.2, 0.25) is 0 Å². The lowest BCUT2D eigenvalue weighted by molar-refractivity contribution is -0.140. The molecular formula is C11H18N2O3S. The van der Waals surface area contributed by atoms with Gasteiger partial charge in [0.2, 0.25) is 0 Å². The second kappa shape index (κ2) is 6.54. The second-order valence-corrected chi connectivity index (χ2v) is 5.85. The number of imidazole rings is 1. The molecule has 0 N–H and O–H groups in total. The van der Waals surface area contributed by atoms with Crippen LogP contribution in [0, 0.1) is 0 Å². The van der Waals surface area contributed by atoms with Crippen LogP contribution in [0.15, 0.2) is 12.4 Å². The molecule has 0 fully saturated rings. The summed E-state index contributed by atoms with van der Waals surface area (Å²) in [6.45, 7) is 1.80. The molecule has 96 valence electrons. The molecule has 5 nitrogen and oxygen atoms in total. The predicted molar refractivity (Wildman–Crippen MR) is 66.0 cm³/mol. The first kappa shape index (κ1) is 13.9. The van der Waals surface area contributed by atoms with Crippen molar-refractivity contribution in [2.24, 2.45) is 7.05 Å². The summed E-state index contributed by atoms with van der Waals surface area (Å²) in [6.07, 6.45) is 4.43. The molecule has 0 aliphatic heterocycles. The zero-order valence-corrected chi connectivity index (χ0v) is 11.2. The van der Waals surface area contributed by atoms with Gasteiger partial charge in [-0.2, -0.15) is 0 Å². The highest BCUT2D eigenvalue weighted by molar-refractivity contribution is 7.85. The molecule has 0 saturated heterocycles. The molecule has 2 atom stereocenters. The average molecular weight is 258 g/mol. The van der Waals surface area contributed by atoms with Crippen LogP contribution in [0.25, 0.3) is 0 Å². The van der Waals surface area contributed by atoms with Gasteiger partial charge in [0.15, 0.2) is 0 Å². The van der Waals surface area contributed by atoms with Gasteiger partial charge in [-0.25, -0.2) is 4.98 Å². The van der Waals surface area contributed by atoms with E-state index in [1.165, 1.54) is 7.11 Å². The van der Waals surface area contributed by atoms with Gasteiger partial charge in [0.05, 0.1) is 13.5 Å². The number of carbonyl (C=O) groups excluding carboxylic acids is 1. The number of methoxy groups -OCH3 is 1. The molecule has 0 aliphatic rings.